The van der Waals surface area contributed by atoms with Crippen LogP contribution < -0.4 is 9.47 Å². The summed E-state index contributed by atoms with van der Waals surface area (Å²) in [4.78, 5) is 19.0. The van der Waals surface area contributed by atoms with E-state index in [1.54, 1.807) is 7.11 Å². The van der Waals surface area contributed by atoms with Gasteiger partial charge in [-0.3, -0.25) is 4.79 Å². The molecule has 2 heterocycles. The van der Waals surface area contributed by atoms with E-state index in [1.165, 1.54) is 0 Å². The second-order valence-corrected chi connectivity index (χ2v) is 6.94. The molecule has 1 atom stereocenters. The van der Waals surface area contributed by atoms with Gasteiger partial charge in [0, 0.05) is 25.4 Å². The lowest BCUT2D eigenvalue weighted by molar-refractivity contribution is -0.127. The fraction of sp³-hybridized carbons (Fsp3) is 0.364. The zero-order valence-electron chi connectivity index (χ0n) is 16.3. The van der Waals surface area contributed by atoms with Crippen molar-refractivity contribution in [2.75, 3.05) is 26.8 Å². The van der Waals surface area contributed by atoms with E-state index in [9.17, 15) is 4.79 Å². The van der Waals surface area contributed by atoms with Crippen molar-refractivity contribution in [1.82, 2.24) is 14.5 Å². The first kappa shape index (κ1) is 18.3. The third-order valence-corrected chi connectivity index (χ3v) is 5.29. The number of fused-ring (bicyclic) bond motifs is 1. The molecule has 0 spiro atoms. The van der Waals surface area contributed by atoms with Crippen LogP contribution in [0.1, 0.15) is 25.1 Å². The van der Waals surface area contributed by atoms with Gasteiger partial charge in [0.05, 0.1) is 24.7 Å². The lowest BCUT2D eigenvalue weighted by atomic mass is 10.1. The highest BCUT2D eigenvalue weighted by atomic mass is 16.5. The van der Waals surface area contributed by atoms with E-state index in [0.29, 0.717) is 19.6 Å². The number of benzene rings is 2. The van der Waals surface area contributed by atoms with E-state index in [-0.39, 0.29) is 11.8 Å². The fourth-order valence-electron chi connectivity index (χ4n) is 3.88. The Morgan fingerprint density at radius 2 is 1.86 bits per heavy atom. The van der Waals surface area contributed by atoms with Gasteiger partial charge in [0.1, 0.15) is 12.4 Å². The summed E-state index contributed by atoms with van der Waals surface area (Å²) in [6, 6.07) is 15.7. The molecular weight excluding hydrogens is 354 g/mol. The van der Waals surface area contributed by atoms with E-state index >= 15 is 0 Å². The van der Waals surface area contributed by atoms with Crippen molar-refractivity contribution in [3.8, 4) is 11.5 Å². The number of methoxy groups -OCH3 is 1. The highest BCUT2D eigenvalue weighted by Gasteiger charge is 2.33. The molecule has 146 valence electrons. The van der Waals surface area contributed by atoms with E-state index in [2.05, 4.69) is 10.6 Å². The van der Waals surface area contributed by atoms with E-state index < -0.39 is 0 Å². The molecule has 6 nitrogen and oxygen atoms in total. The summed E-state index contributed by atoms with van der Waals surface area (Å²) >= 11 is 0. The monoisotopic (exact) mass is 379 g/mol. The molecule has 1 amide bonds. The predicted molar refractivity (Wildman–Crippen MR) is 108 cm³/mol. The molecular formula is C22H25N3O3. The van der Waals surface area contributed by atoms with Crippen LogP contribution in [0.4, 0.5) is 0 Å². The van der Waals surface area contributed by atoms with Crippen LogP contribution in [0.25, 0.3) is 11.0 Å². The van der Waals surface area contributed by atoms with Crippen LogP contribution >= 0.6 is 0 Å². The molecule has 1 aliphatic heterocycles. The summed E-state index contributed by atoms with van der Waals surface area (Å²) in [6.07, 6.45) is 0.518. The van der Waals surface area contributed by atoms with Crippen molar-refractivity contribution < 1.29 is 14.3 Å². The maximum Gasteiger partial charge on any atom is 0.223 e. The van der Waals surface area contributed by atoms with E-state index in [1.807, 2.05) is 54.3 Å². The first-order chi connectivity index (χ1) is 13.7. The molecule has 3 aromatic rings. The fourth-order valence-corrected chi connectivity index (χ4v) is 3.88. The Labute approximate surface area is 164 Å². The van der Waals surface area contributed by atoms with Gasteiger partial charge in [-0.2, -0.15) is 0 Å². The minimum atomic E-state index is 0.117. The van der Waals surface area contributed by atoms with Crippen molar-refractivity contribution in [1.29, 1.82) is 0 Å². The Kier molecular flexibility index (Phi) is 5.19. The minimum absolute atomic E-state index is 0.117. The van der Waals surface area contributed by atoms with Gasteiger partial charge >= 0.3 is 0 Å². The largest absolute Gasteiger partial charge is 0.493 e. The molecule has 1 saturated heterocycles. The molecule has 2 aromatic carbocycles. The summed E-state index contributed by atoms with van der Waals surface area (Å²) in [5, 5.41) is 0. The van der Waals surface area contributed by atoms with E-state index in [4.69, 9.17) is 14.5 Å². The van der Waals surface area contributed by atoms with Gasteiger partial charge in [0.25, 0.3) is 0 Å². The number of imidazole rings is 1. The standard InChI is InChI=1S/C22H25N3O3/c1-3-24-15-16(14-21(24)26)22-23-17-8-4-5-9-18(17)25(22)12-13-28-20-11-7-6-10-19(20)27-2/h4-11,16H,3,12-15H2,1-2H3. The number of amides is 1. The van der Waals surface area contributed by atoms with Crippen LogP contribution in [-0.4, -0.2) is 47.2 Å². The number of rotatable bonds is 7. The number of aromatic nitrogens is 2. The summed E-state index contributed by atoms with van der Waals surface area (Å²) in [5.41, 5.74) is 2.03. The van der Waals surface area contributed by atoms with Gasteiger partial charge in [-0.05, 0) is 31.2 Å². The van der Waals surface area contributed by atoms with Crippen LogP contribution in [0, 0.1) is 0 Å². The van der Waals surface area contributed by atoms with Crippen LogP contribution in [0.2, 0.25) is 0 Å². The average molecular weight is 379 g/mol. The highest BCUT2D eigenvalue weighted by molar-refractivity contribution is 5.80. The van der Waals surface area contributed by atoms with Gasteiger partial charge in [0.15, 0.2) is 11.5 Å². The highest BCUT2D eigenvalue weighted by Crippen LogP contribution is 2.31. The minimum Gasteiger partial charge on any atom is -0.493 e. The SMILES string of the molecule is CCN1CC(c2nc3ccccc3n2CCOc2ccccc2OC)CC1=O. The van der Waals surface area contributed by atoms with Crippen LogP contribution in [0.5, 0.6) is 11.5 Å². The molecule has 1 unspecified atom stereocenters. The molecule has 0 saturated carbocycles. The lowest BCUT2D eigenvalue weighted by Gasteiger charge is -2.16. The van der Waals surface area contributed by atoms with Crippen LogP contribution in [-0.2, 0) is 11.3 Å². The average Bonchev–Trinajstić information content (AvgIpc) is 3.28. The number of likely N-dealkylation sites (tertiary alicyclic amines) is 1. The van der Waals surface area contributed by atoms with Gasteiger partial charge in [0.2, 0.25) is 5.91 Å². The smallest absolute Gasteiger partial charge is 0.223 e. The molecule has 1 aromatic heterocycles. The Morgan fingerprint density at radius 3 is 2.61 bits per heavy atom. The van der Waals surface area contributed by atoms with Gasteiger partial charge in [-0.15, -0.1) is 0 Å². The Bertz CT molecular complexity index is 982. The zero-order valence-corrected chi connectivity index (χ0v) is 16.3. The Morgan fingerprint density at radius 1 is 1.11 bits per heavy atom. The maximum absolute atomic E-state index is 12.2. The van der Waals surface area contributed by atoms with Gasteiger partial charge in [-0.25, -0.2) is 4.98 Å². The molecule has 0 N–H and O–H groups in total. The molecule has 0 bridgehead atoms. The number of ether oxygens (including phenoxy) is 2. The molecule has 28 heavy (non-hydrogen) atoms. The number of hydrogen-bond donors (Lipinski definition) is 0. The molecule has 4 rings (SSSR count). The number of nitrogens with zero attached hydrogens (tertiary/aromatic N) is 3. The van der Waals surface area contributed by atoms with Crippen LogP contribution in [0.15, 0.2) is 48.5 Å². The number of hydrogen-bond acceptors (Lipinski definition) is 4. The molecule has 0 aliphatic carbocycles. The maximum atomic E-state index is 12.2. The van der Waals surface area contributed by atoms with Crippen LogP contribution in [0.3, 0.4) is 0 Å². The summed E-state index contributed by atoms with van der Waals surface area (Å²) in [7, 11) is 1.64. The molecule has 1 aliphatic rings. The third kappa shape index (κ3) is 3.42. The Hall–Kier alpha value is -3.02. The van der Waals surface area contributed by atoms with Crippen molar-refractivity contribution in [3.05, 3.63) is 54.4 Å². The number of carbonyl (C=O) groups is 1. The van der Waals surface area contributed by atoms with E-state index in [0.717, 1.165) is 41.4 Å². The topological polar surface area (TPSA) is 56.6 Å². The van der Waals surface area contributed by atoms with Crippen molar-refractivity contribution in [3.63, 3.8) is 0 Å². The second-order valence-electron chi connectivity index (χ2n) is 6.94. The zero-order chi connectivity index (χ0) is 19.5. The summed E-state index contributed by atoms with van der Waals surface area (Å²) in [5.74, 6) is 2.74. The summed E-state index contributed by atoms with van der Waals surface area (Å²) < 4.78 is 13.5. The molecule has 1 fully saturated rings. The molecule has 0 radical (unpaired) electrons. The first-order valence-corrected chi connectivity index (χ1v) is 9.70. The number of para-hydroxylation sites is 4. The third-order valence-electron chi connectivity index (χ3n) is 5.29. The second kappa shape index (κ2) is 7.92. The predicted octanol–water partition coefficient (Wildman–Crippen LogP) is 3.46. The Balaban J connectivity index is 1.58. The van der Waals surface area contributed by atoms with Gasteiger partial charge < -0.3 is 18.9 Å². The van der Waals surface area contributed by atoms with Gasteiger partial charge in [-0.1, -0.05) is 24.3 Å². The molecule has 6 heteroatoms. The lowest BCUT2D eigenvalue weighted by Crippen LogP contribution is -2.24. The summed E-state index contributed by atoms with van der Waals surface area (Å²) in [6.45, 7) is 4.64. The van der Waals surface area contributed by atoms with Crippen molar-refractivity contribution >= 4 is 16.9 Å². The van der Waals surface area contributed by atoms with Crippen molar-refractivity contribution in [2.45, 2.75) is 25.8 Å². The van der Waals surface area contributed by atoms with Crippen molar-refractivity contribution in [2.24, 2.45) is 0 Å². The number of likely N-dealkylation sites (N-methyl/N-ethyl adjacent to an activating group) is 1. The first-order valence-electron chi connectivity index (χ1n) is 9.70. The normalized spacial score (nSPS) is 16.7. The number of carbonyl (C=O) groups excluding carboxylic acids is 1. The quantitative estimate of drug-likeness (QED) is 0.631.